The van der Waals surface area contributed by atoms with Gasteiger partial charge in [-0.3, -0.25) is 9.79 Å². The van der Waals surface area contributed by atoms with E-state index in [1.165, 1.54) is 0 Å². The van der Waals surface area contributed by atoms with Crippen LogP contribution >= 0.6 is 0 Å². The van der Waals surface area contributed by atoms with Gasteiger partial charge in [0.2, 0.25) is 0 Å². The molecule has 0 atom stereocenters. The first-order valence-corrected chi connectivity index (χ1v) is 5.01. The molecule has 16 heavy (non-hydrogen) atoms. The van der Waals surface area contributed by atoms with E-state index in [4.69, 9.17) is 5.11 Å². The molecule has 0 spiro atoms. The van der Waals surface area contributed by atoms with E-state index in [2.05, 4.69) is 10.3 Å². The molecule has 0 unspecified atom stereocenters. The minimum Gasteiger partial charge on any atom is -0.392 e. The lowest BCUT2D eigenvalue weighted by molar-refractivity contribution is -0.112. The Morgan fingerprint density at radius 2 is 2.12 bits per heavy atom. The largest absolute Gasteiger partial charge is 0.392 e. The number of aliphatic imine (C=N–C) groups is 1. The molecule has 0 fully saturated rings. The fourth-order valence-corrected chi connectivity index (χ4v) is 1.40. The van der Waals surface area contributed by atoms with E-state index in [9.17, 15) is 4.79 Å². The zero-order valence-corrected chi connectivity index (χ0v) is 8.68. The van der Waals surface area contributed by atoms with Gasteiger partial charge in [-0.05, 0) is 17.7 Å². The SMILES string of the molecule is O=C(Nc1ccc(CO)cc1)C1=CN=CC1. The topological polar surface area (TPSA) is 61.7 Å². The Balaban J connectivity index is 2.00. The van der Waals surface area contributed by atoms with Gasteiger partial charge in [-0.15, -0.1) is 0 Å². The molecule has 1 aliphatic heterocycles. The number of carbonyl (C=O) groups excluding carboxylic acids is 1. The Bertz CT molecular complexity index is 447. The molecule has 4 heteroatoms. The molecule has 82 valence electrons. The molecule has 1 aromatic carbocycles. The highest BCUT2D eigenvalue weighted by molar-refractivity contribution is 6.06. The van der Waals surface area contributed by atoms with Crippen molar-refractivity contribution in [3.8, 4) is 0 Å². The van der Waals surface area contributed by atoms with Gasteiger partial charge in [0.05, 0.1) is 6.61 Å². The number of nitrogens with one attached hydrogen (secondary N) is 1. The van der Waals surface area contributed by atoms with Crippen LogP contribution in [0.5, 0.6) is 0 Å². The molecule has 2 rings (SSSR count). The maximum atomic E-state index is 11.7. The molecule has 0 radical (unpaired) electrons. The van der Waals surface area contributed by atoms with Gasteiger partial charge in [0.15, 0.2) is 0 Å². The predicted octanol–water partition coefficient (Wildman–Crippen LogP) is 1.48. The molecule has 4 nitrogen and oxygen atoms in total. The number of hydrogen-bond donors (Lipinski definition) is 2. The van der Waals surface area contributed by atoms with E-state index in [1.807, 2.05) is 0 Å². The van der Waals surface area contributed by atoms with Gasteiger partial charge in [-0.2, -0.15) is 0 Å². The molecule has 0 saturated carbocycles. The Morgan fingerprint density at radius 1 is 1.38 bits per heavy atom. The van der Waals surface area contributed by atoms with Gasteiger partial charge in [-0.25, -0.2) is 0 Å². The smallest absolute Gasteiger partial charge is 0.253 e. The first-order chi connectivity index (χ1) is 7.79. The number of anilines is 1. The number of aliphatic hydroxyl groups is 1. The maximum Gasteiger partial charge on any atom is 0.253 e. The lowest BCUT2D eigenvalue weighted by atomic mass is 10.2. The molecule has 0 aliphatic carbocycles. The van der Waals surface area contributed by atoms with Gasteiger partial charge in [0.1, 0.15) is 0 Å². The average Bonchev–Trinajstić information content (AvgIpc) is 2.83. The van der Waals surface area contributed by atoms with Crippen molar-refractivity contribution < 1.29 is 9.90 Å². The quantitative estimate of drug-likeness (QED) is 0.803. The van der Waals surface area contributed by atoms with Crippen LogP contribution in [0.4, 0.5) is 5.69 Å². The number of amides is 1. The minimum atomic E-state index is -0.130. The molecule has 1 amide bonds. The summed E-state index contributed by atoms with van der Waals surface area (Å²) >= 11 is 0. The normalized spacial score (nSPS) is 13.7. The standard InChI is InChI=1S/C12H12N2O2/c15-8-9-1-3-11(4-2-9)14-12(16)10-5-6-13-7-10/h1-4,6-7,15H,5,8H2,(H,14,16). The molecule has 0 bridgehead atoms. The van der Waals surface area contributed by atoms with Crippen molar-refractivity contribution in [1.82, 2.24) is 0 Å². The second-order valence-electron chi connectivity index (χ2n) is 3.50. The summed E-state index contributed by atoms with van der Waals surface area (Å²) in [5.74, 6) is -0.130. The van der Waals surface area contributed by atoms with E-state index in [-0.39, 0.29) is 12.5 Å². The van der Waals surface area contributed by atoms with Crippen LogP contribution in [0.1, 0.15) is 12.0 Å². The summed E-state index contributed by atoms with van der Waals surface area (Å²) < 4.78 is 0. The number of rotatable bonds is 3. The molecule has 2 N–H and O–H groups in total. The zero-order valence-electron chi connectivity index (χ0n) is 8.68. The zero-order chi connectivity index (χ0) is 11.4. The first-order valence-electron chi connectivity index (χ1n) is 5.01. The summed E-state index contributed by atoms with van der Waals surface area (Å²) in [7, 11) is 0. The fraction of sp³-hybridized carbons (Fsp3) is 0.167. The van der Waals surface area contributed by atoms with E-state index in [1.54, 1.807) is 36.7 Å². The summed E-state index contributed by atoms with van der Waals surface area (Å²) in [6.07, 6.45) is 3.85. The van der Waals surface area contributed by atoms with Gasteiger partial charge >= 0.3 is 0 Å². The number of nitrogens with zero attached hydrogens (tertiary/aromatic N) is 1. The Morgan fingerprint density at radius 3 is 2.69 bits per heavy atom. The van der Waals surface area contributed by atoms with Crippen LogP contribution in [0.15, 0.2) is 41.0 Å². The highest BCUT2D eigenvalue weighted by Gasteiger charge is 2.10. The summed E-state index contributed by atoms with van der Waals surface area (Å²) in [6, 6.07) is 7.07. The second kappa shape index (κ2) is 4.72. The summed E-state index contributed by atoms with van der Waals surface area (Å²) in [6.45, 7) is 0.00716. The predicted molar refractivity (Wildman–Crippen MR) is 62.2 cm³/mol. The van der Waals surface area contributed by atoms with Gasteiger partial charge in [-0.1, -0.05) is 12.1 Å². The highest BCUT2D eigenvalue weighted by atomic mass is 16.3. The lowest BCUT2D eigenvalue weighted by Gasteiger charge is -2.05. The van der Waals surface area contributed by atoms with Crippen molar-refractivity contribution in [3.63, 3.8) is 0 Å². The summed E-state index contributed by atoms with van der Waals surface area (Å²) in [4.78, 5) is 15.5. The van der Waals surface area contributed by atoms with Crippen LogP contribution in [0.25, 0.3) is 0 Å². The Labute approximate surface area is 93.3 Å². The van der Waals surface area contributed by atoms with Crippen LogP contribution in [0.2, 0.25) is 0 Å². The molecule has 1 aromatic rings. The number of carbonyl (C=O) groups is 1. The fourth-order valence-electron chi connectivity index (χ4n) is 1.40. The van der Waals surface area contributed by atoms with Crippen molar-refractivity contribution in [1.29, 1.82) is 0 Å². The molecule has 1 aliphatic rings. The highest BCUT2D eigenvalue weighted by Crippen LogP contribution is 2.13. The van der Waals surface area contributed by atoms with Crippen LogP contribution in [-0.2, 0) is 11.4 Å². The van der Waals surface area contributed by atoms with E-state index in [0.29, 0.717) is 12.0 Å². The van der Waals surface area contributed by atoms with Crippen LogP contribution in [-0.4, -0.2) is 17.2 Å². The van der Waals surface area contributed by atoms with Crippen molar-refractivity contribution in [2.75, 3.05) is 5.32 Å². The molecular weight excluding hydrogens is 204 g/mol. The molecule has 0 saturated heterocycles. The minimum absolute atomic E-state index is 0.00716. The number of benzene rings is 1. The molecule has 0 aromatic heterocycles. The third kappa shape index (κ3) is 2.35. The molecular formula is C12H12N2O2. The van der Waals surface area contributed by atoms with Crippen LogP contribution in [0.3, 0.4) is 0 Å². The van der Waals surface area contributed by atoms with Gasteiger partial charge in [0.25, 0.3) is 5.91 Å². The molecule has 1 heterocycles. The van der Waals surface area contributed by atoms with E-state index < -0.39 is 0 Å². The van der Waals surface area contributed by atoms with Crippen LogP contribution in [0, 0.1) is 0 Å². The second-order valence-corrected chi connectivity index (χ2v) is 3.50. The van der Waals surface area contributed by atoms with Crippen molar-refractivity contribution in [2.45, 2.75) is 13.0 Å². The third-order valence-electron chi connectivity index (χ3n) is 2.33. The van der Waals surface area contributed by atoms with E-state index in [0.717, 1.165) is 11.3 Å². The van der Waals surface area contributed by atoms with Crippen molar-refractivity contribution >= 4 is 17.8 Å². The van der Waals surface area contributed by atoms with E-state index >= 15 is 0 Å². The van der Waals surface area contributed by atoms with Gasteiger partial charge in [0, 0.05) is 30.1 Å². The van der Waals surface area contributed by atoms with Crippen molar-refractivity contribution in [2.24, 2.45) is 4.99 Å². The Hall–Kier alpha value is -1.94. The lowest BCUT2D eigenvalue weighted by Crippen LogP contribution is -2.13. The van der Waals surface area contributed by atoms with Crippen LogP contribution < -0.4 is 5.32 Å². The Kier molecular flexibility index (Phi) is 3.12. The summed E-state index contributed by atoms with van der Waals surface area (Å²) in [5.41, 5.74) is 2.20. The first kappa shape index (κ1) is 10.6. The van der Waals surface area contributed by atoms with Crippen molar-refractivity contribution in [3.05, 3.63) is 41.6 Å². The third-order valence-corrected chi connectivity index (χ3v) is 2.33. The number of hydrogen-bond acceptors (Lipinski definition) is 3. The average molecular weight is 216 g/mol. The van der Waals surface area contributed by atoms with Gasteiger partial charge < -0.3 is 10.4 Å². The monoisotopic (exact) mass is 216 g/mol. The number of aliphatic hydroxyl groups excluding tert-OH is 1. The maximum absolute atomic E-state index is 11.7. The summed E-state index contributed by atoms with van der Waals surface area (Å²) in [5, 5.41) is 11.6.